The molecule has 3 nitrogen and oxygen atoms in total. The Labute approximate surface area is 93.3 Å². The lowest BCUT2D eigenvalue weighted by Gasteiger charge is -2.06. The maximum atomic E-state index is 12.4. The Hall–Kier alpha value is -1.56. The zero-order chi connectivity index (χ0) is 11.8. The zero-order valence-electron chi connectivity index (χ0n) is 7.72. The molecule has 16 heavy (non-hydrogen) atoms. The number of aromatic nitrogens is 3. The maximum Gasteiger partial charge on any atom is 0.416 e. The van der Waals surface area contributed by atoms with E-state index < -0.39 is 11.7 Å². The van der Waals surface area contributed by atoms with Crippen molar-refractivity contribution in [1.29, 1.82) is 0 Å². The fraction of sp³-hybridized carbons (Fsp3) is 0.111. The highest BCUT2D eigenvalue weighted by molar-refractivity contribution is 6.28. The van der Waals surface area contributed by atoms with Gasteiger partial charge < -0.3 is 0 Å². The summed E-state index contributed by atoms with van der Waals surface area (Å²) in [4.78, 5) is 3.74. The predicted octanol–water partition coefficient (Wildman–Crippen LogP) is 3.14. The number of alkyl halides is 3. The van der Waals surface area contributed by atoms with E-state index in [2.05, 4.69) is 15.2 Å². The van der Waals surface area contributed by atoms with Gasteiger partial charge in [-0.05, 0) is 23.7 Å². The molecule has 7 heteroatoms. The summed E-state index contributed by atoms with van der Waals surface area (Å²) in [6.07, 6.45) is -4.38. The fourth-order valence-electron chi connectivity index (χ4n) is 1.21. The van der Waals surface area contributed by atoms with Crippen molar-refractivity contribution in [2.75, 3.05) is 0 Å². The third-order valence-corrected chi connectivity index (χ3v) is 2.08. The minimum absolute atomic E-state index is 0.0346. The number of aromatic amines is 1. The zero-order valence-corrected chi connectivity index (χ0v) is 8.47. The molecule has 1 aromatic heterocycles. The van der Waals surface area contributed by atoms with Crippen molar-refractivity contribution in [3.8, 4) is 11.4 Å². The number of hydrogen-bond donors (Lipinski definition) is 1. The van der Waals surface area contributed by atoms with Crippen LogP contribution in [0.15, 0.2) is 24.3 Å². The van der Waals surface area contributed by atoms with Crippen LogP contribution in [0, 0.1) is 0 Å². The van der Waals surface area contributed by atoms with Crippen molar-refractivity contribution >= 4 is 11.6 Å². The van der Waals surface area contributed by atoms with Gasteiger partial charge >= 0.3 is 6.18 Å². The number of nitrogens with one attached hydrogen (secondary N) is 1. The van der Waals surface area contributed by atoms with Gasteiger partial charge in [0.15, 0.2) is 5.82 Å². The van der Waals surface area contributed by atoms with E-state index >= 15 is 0 Å². The van der Waals surface area contributed by atoms with Crippen LogP contribution in [-0.2, 0) is 6.18 Å². The van der Waals surface area contributed by atoms with Crippen LogP contribution in [0.25, 0.3) is 11.4 Å². The first-order valence-corrected chi connectivity index (χ1v) is 4.60. The summed E-state index contributed by atoms with van der Waals surface area (Å²) in [5.41, 5.74) is -0.483. The molecule has 0 spiro atoms. The molecule has 0 aliphatic rings. The molecule has 2 aromatic rings. The minimum atomic E-state index is -4.38. The van der Waals surface area contributed by atoms with Crippen LogP contribution in [0.3, 0.4) is 0 Å². The van der Waals surface area contributed by atoms with Gasteiger partial charge in [0.2, 0.25) is 5.28 Å². The SMILES string of the molecule is FC(F)(F)c1cccc(-c2n[nH]c(Cl)n2)c1. The first kappa shape index (κ1) is 10.9. The van der Waals surface area contributed by atoms with E-state index in [0.717, 1.165) is 12.1 Å². The molecular formula is C9H5ClF3N3. The average molecular weight is 248 g/mol. The van der Waals surface area contributed by atoms with Crippen molar-refractivity contribution in [2.24, 2.45) is 0 Å². The topological polar surface area (TPSA) is 41.6 Å². The van der Waals surface area contributed by atoms with Crippen LogP contribution in [0.4, 0.5) is 13.2 Å². The lowest BCUT2D eigenvalue weighted by Crippen LogP contribution is -2.04. The normalized spacial score (nSPS) is 11.8. The monoisotopic (exact) mass is 247 g/mol. The third kappa shape index (κ3) is 2.16. The Bertz CT molecular complexity index is 507. The predicted molar refractivity (Wildman–Crippen MR) is 51.8 cm³/mol. The highest BCUT2D eigenvalue weighted by Gasteiger charge is 2.30. The van der Waals surface area contributed by atoms with Gasteiger partial charge in [0.05, 0.1) is 5.56 Å². The van der Waals surface area contributed by atoms with Crippen LogP contribution in [0.1, 0.15) is 5.56 Å². The smallest absolute Gasteiger partial charge is 0.249 e. The summed E-state index contributed by atoms with van der Waals surface area (Å²) in [6.45, 7) is 0. The Morgan fingerprint density at radius 2 is 2.00 bits per heavy atom. The molecule has 1 heterocycles. The summed E-state index contributed by atoms with van der Waals surface area (Å²) in [5, 5.41) is 6.06. The number of halogens is 4. The quantitative estimate of drug-likeness (QED) is 0.841. The lowest BCUT2D eigenvalue weighted by atomic mass is 10.1. The van der Waals surface area contributed by atoms with Crippen LogP contribution in [-0.4, -0.2) is 15.2 Å². The Morgan fingerprint density at radius 1 is 1.25 bits per heavy atom. The van der Waals surface area contributed by atoms with Gasteiger partial charge in [0.25, 0.3) is 0 Å². The second-order valence-electron chi connectivity index (χ2n) is 3.03. The summed E-state index contributed by atoms with van der Waals surface area (Å²) >= 11 is 5.49. The second kappa shape index (κ2) is 3.79. The highest BCUT2D eigenvalue weighted by atomic mass is 35.5. The molecule has 0 bridgehead atoms. The van der Waals surface area contributed by atoms with Crippen molar-refractivity contribution in [3.63, 3.8) is 0 Å². The minimum Gasteiger partial charge on any atom is -0.249 e. The number of nitrogens with zero attached hydrogens (tertiary/aromatic N) is 2. The summed E-state index contributed by atoms with van der Waals surface area (Å²) < 4.78 is 37.2. The third-order valence-electron chi connectivity index (χ3n) is 1.91. The van der Waals surface area contributed by atoms with E-state index in [1.807, 2.05) is 0 Å². The number of benzene rings is 1. The van der Waals surface area contributed by atoms with Gasteiger partial charge in [-0.3, -0.25) is 0 Å². The molecule has 1 aromatic carbocycles. The lowest BCUT2D eigenvalue weighted by molar-refractivity contribution is -0.137. The van der Waals surface area contributed by atoms with Crippen LogP contribution in [0.2, 0.25) is 5.28 Å². The molecule has 2 rings (SSSR count). The van der Waals surface area contributed by atoms with Crippen LogP contribution in [0.5, 0.6) is 0 Å². The largest absolute Gasteiger partial charge is 0.416 e. The van der Waals surface area contributed by atoms with Crippen molar-refractivity contribution in [3.05, 3.63) is 35.1 Å². The van der Waals surface area contributed by atoms with Gasteiger partial charge in [-0.25, -0.2) is 5.10 Å². The standard InChI is InChI=1S/C9H5ClF3N3/c10-8-14-7(15-16-8)5-2-1-3-6(4-5)9(11,12)13/h1-4H,(H,14,15,16). The number of rotatable bonds is 1. The van der Waals surface area contributed by atoms with Gasteiger partial charge in [-0.15, -0.1) is 0 Å². The Kier molecular flexibility index (Phi) is 2.59. The molecule has 0 aliphatic heterocycles. The molecule has 1 N–H and O–H groups in total. The van der Waals surface area contributed by atoms with E-state index in [0.29, 0.717) is 0 Å². The molecule has 0 saturated carbocycles. The van der Waals surface area contributed by atoms with E-state index in [1.165, 1.54) is 12.1 Å². The molecule has 0 aliphatic carbocycles. The summed E-state index contributed by atoms with van der Waals surface area (Å²) in [5.74, 6) is 0.135. The van der Waals surface area contributed by atoms with Crippen LogP contribution < -0.4 is 0 Å². The van der Waals surface area contributed by atoms with Gasteiger partial charge in [-0.1, -0.05) is 12.1 Å². The molecule has 0 radical (unpaired) electrons. The number of H-pyrrole nitrogens is 1. The molecule has 0 saturated heterocycles. The van der Waals surface area contributed by atoms with Crippen molar-refractivity contribution in [1.82, 2.24) is 15.2 Å². The Balaban J connectivity index is 2.44. The Morgan fingerprint density at radius 3 is 2.56 bits per heavy atom. The molecule has 0 amide bonds. The molecular weight excluding hydrogens is 243 g/mol. The molecule has 0 atom stereocenters. The molecule has 0 unspecified atom stereocenters. The first-order valence-electron chi connectivity index (χ1n) is 4.22. The summed E-state index contributed by atoms with van der Waals surface area (Å²) in [7, 11) is 0. The maximum absolute atomic E-state index is 12.4. The van der Waals surface area contributed by atoms with Crippen molar-refractivity contribution in [2.45, 2.75) is 6.18 Å². The fourth-order valence-corrected chi connectivity index (χ4v) is 1.33. The van der Waals surface area contributed by atoms with Gasteiger partial charge in [-0.2, -0.15) is 23.3 Å². The van der Waals surface area contributed by atoms with Crippen LogP contribution >= 0.6 is 11.6 Å². The number of hydrogen-bond acceptors (Lipinski definition) is 2. The van der Waals surface area contributed by atoms with E-state index in [4.69, 9.17) is 11.6 Å². The van der Waals surface area contributed by atoms with Gasteiger partial charge in [0.1, 0.15) is 0 Å². The van der Waals surface area contributed by atoms with E-state index in [1.54, 1.807) is 0 Å². The second-order valence-corrected chi connectivity index (χ2v) is 3.39. The van der Waals surface area contributed by atoms with E-state index in [9.17, 15) is 13.2 Å². The highest BCUT2D eigenvalue weighted by Crippen LogP contribution is 2.31. The van der Waals surface area contributed by atoms with Crippen molar-refractivity contribution < 1.29 is 13.2 Å². The summed E-state index contributed by atoms with van der Waals surface area (Å²) in [6, 6.07) is 4.73. The van der Waals surface area contributed by atoms with Gasteiger partial charge in [0, 0.05) is 5.56 Å². The molecule has 0 fully saturated rings. The van der Waals surface area contributed by atoms with E-state index in [-0.39, 0.29) is 16.7 Å². The first-order chi connectivity index (χ1) is 7.47. The average Bonchev–Trinajstić information content (AvgIpc) is 2.64. The molecule has 84 valence electrons.